The molecule has 6 rings (SSSR count). The van der Waals surface area contributed by atoms with Crippen molar-refractivity contribution in [3.8, 4) is 10.4 Å². The highest BCUT2D eigenvalue weighted by Gasteiger charge is 2.28. The van der Waals surface area contributed by atoms with E-state index in [1.165, 1.54) is 21.9 Å². The Bertz CT molecular complexity index is 1540. The van der Waals surface area contributed by atoms with Crippen molar-refractivity contribution in [1.29, 1.82) is 0 Å². The highest BCUT2D eigenvalue weighted by atomic mass is 32.1. The van der Waals surface area contributed by atoms with Gasteiger partial charge in [-0.15, -0.1) is 11.3 Å². The predicted molar refractivity (Wildman–Crippen MR) is 143 cm³/mol. The van der Waals surface area contributed by atoms with E-state index in [1.807, 2.05) is 4.52 Å². The van der Waals surface area contributed by atoms with Crippen LogP contribution < -0.4 is 9.80 Å². The van der Waals surface area contributed by atoms with Gasteiger partial charge in [-0.1, -0.05) is 12.1 Å². The molecule has 1 aromatic carbocycles. The number of benzene rings is 1. The zero-order valence-corrected chi connectivity index (χ0v) is 21.4. The first-order valence-electron chi connectivity index (χ1n) is 12.1. The number of hydrogen-bond acceptors (Lipinski definition) is 8. The zero-order chi connectivity index (χ0) is 25.6. The Balaban J connectivity index is 1.17. The van der Waals surface area contributed by atoms with Crippen molar-refractivity contribution in [2.24, 2.45) is 0 Å². The molecule has 1 atom stereocenters. The summed E-state index contributed by atoms with van der Waals surface area (Å²) in [5.74, 6) is 1.19. The van der Waals surface area contributed by atoms with E-state index in [4.69, 9.17) is 0 Å². The van der Waals surface area contributed by atoms with Gasteiger partial charge >= 0.3 is 0 Å². The molecular formula is C27H26FN7OS. The molecule has 1 saturated heterocycles. The van der Waals surface area contributed by atoms with Gasteiger partial charge in [-0.05, 0) is 49.7 Å². The van der Waals surface area contributed by atoms with Crippen molar-refractivity contribution in [3.05, 3.63) is 89.2 Å². The Labute approximate surface area is 217 Å². The Kier molecular flexibility index (Phi) is 5.85. The summed E-state index contributed by atoms with van der Waals surface area (Å²) in [5, 5.41) is 15.5. The Hall–Kier alpha value is -3.89. The molecule has 1 fully saturated rings. The SMILES string of the molecule is Cc1ccc(-c2cc3c(N4CCN(c5ncc(C(C)(O)c6ccc(F)cc6)cn5)CC4)ncnn3c2)s1. The molecule has 0 aliphatic carbocycles. The van der Waals surface area contributed by atoms with Crippen LogP contribution in [0.3, 0.4) is 0 Å². The molecule has 0 bridgehead atoms. The number of hydrogen-bond donors (Lipinski definition) is 1. The van der Waals surface area contributed by atoms with Gasteiger partial charge in [0.05, 0.1) is 0 Å². The lowest BCUT2D eigenvalue weighted by atomic mass is 9.90. The van der Waals surface area contributed by atoms with Crippen LogP contribution in [0.25, 0.3) is 16.0 Å². The molecule has 0 saturated carbocycles. The van der Waals surface area contributed by atoms with E-state index in [9.17, 15) is 9.50 Å². The standard InChI is InChI=1S/C27H26FN7OS/c1-18-3-8-24(37-18)19-13-23-25(31-17-32-35(23)16-19)33-9-11-34(12-10-33)26-29-14-21(15-30-26)27(2,36)20-4-6-22(28)7-5-20/h3-8,13-17,36H,9-12H2,1-2H3. The van der Waals surface area contributed by atoms with Crippen LogP contribution >= 0.6 is 11.3 Å². The number of aliphatic hydroxyl groups is 1. The average molecular weight is 516 g/mol. The molecule has 1 aliphatic heterocycles. The first-order chi connectivity index (χ1) is 17.9. The van der Waals surface area contributed by atoms with Crippen LogP contribution in [0.15, 0.2) is 67.4 Å². The maximum atomic E-state index is 13.3. The number of anilines is 2. The normalized spacial score (nSPS) is 15.8. The van der Waals surface area contributed by atoms with E-state index in [-0.39, 0.29) is 5.82 Å². The second-order valence-corrected chi connectivity index (χ2v) is 10.7. The number of fused-ring (bicyclic) bond motifs is 1. The summed E-state index contributed by atoms with van der Waals surface area (Å²) >= 11 is 1.77. The molecule has 5 heterocycles. The van der Waals surface area contributed by atoms with Gasteiger partial charge in [0.1, 0.15) is 23.3 Å². The Morgan fingerprint density at radius 3 is 2.30 bits per heavy atom. The summed E-state index contributed by atoms with van der Waals surface area (Å²) in [6.45, 7) is 6.78. The number of thiophene rings is 1. The van der Waals surface area contributed by atoms with Gasteiger partial charge < -0.3 is 14.9 Å². The van der Waals surface area contributed by atoms with Gasteiger partial charge in [0, 0.05) is 65.7 Å². The van der Waals surface area contributed by atoms with Crippen molar-refractivity contribution in [2.75, 3.05) is 36.0 Å². The predicted octanol–water partition coefficient (Wildman–Crippen LogP) is 4.28. The van der Waals surface area contributed by atoms with Gasteiger partial charge in [-0.2, -0.15) is 5.10 Å². The lowest BCUT2D eigenvalue weighted by Crippen LogP contribution is -2.47. The molecule has 1 N–H and O–H groups in total. The fraction of sp³-hybridized carbons (Fsp3) is 0.259. The van der Waals surface area contributed by atoms with E-state index in [0.717, 1.165) is 43.1 Å². The summed E-state index contributed by atoms with van der Waals surface area (Å²) in [5.41, 5.74) is 1.94. The van der Waals surface area contributed by atoms with E-state index in [0.29, 0.717) is 17.1 Å². The van der Waals surface area contributed by atoms with Crippen molar-refractivity contribution < 1.29 is 9.50 Å². The topological polar surface area (TPSA) is 82.7 Å². The van der Waals surface area contributed by atoms with Gasteiger partial charge in [0.25, 0.3) is 0 Å². The Morgan fingerprint density at radius 2 is 1.62 bits per heavy atom. The molecule has 4 aromatic heterocycles. The smallest absolute Gasteiger partial charge is 0.225 e. The van der Waals surface area contributed by atoms with Crippen molar-refractivity contribution >= 4 is 28.6 Å². The van der Waals surface area contributed by atoms with Crippen molar-refractivity contribution in [2.45, 2.75) is 19.4 Å². The molecular weight excluding hydrogens is 489 g/mol. The van der Waals surface area contributed by atoms with Gasteiger partial charge in [-0.25, -0.2) is 23.9 Å². The minimum Gasteiger partial charge on any atom is -0.381 e. The second kappa shape index (κ2) is 9.20. The fourth-order valence-electron chi connectivity index (χ4n) is 4.68. The van der Waals surface area contributed by atoms with E-state index >= 15 is 0 Å². The van der Waals surface area contributed by atoms with Crippen molar-refractivity contribution in [1.82, 2.24) is 24.6 Å². The number of halogens is 1. The second-order valence-electron chi connectivity index (χ2n) is 9.38. The van der Waals surface area contributed by atoms with E-state index in [1.54, 1.807) is 49.1 Å². The largest absolute Gasteiger partial charge is 0.381 e. The third kappa shape index (κ3) is 4.42. The summed E-state index contributed by atoms with van der Waals surface area (Å²) in [6, 6.07) is 12.2. The Morgan fingerprint density at radius 1 is 0.919 bits per heavy atom. The van der Waals surface area contributed by atoms with Crippen LogP contribution in [0, 0.1) is 12.7 Å². The molecule has 0 radical (unpaired) electrons. The summed E-state index contributed by atoms with van der Waals surface area (Å²) in [4.78, 5) is 20.6. The third-order valence-electron chi connectivity index (χ3n) is 6.88. The van der Waals surface area contributed by atoms with Crippen LogP contribution in [-0.2, 0) is 5.60 Å². The molecule has 5 aromatic rings. The molecule has 1 aliphatic rings. The highest BCUT2D eigenvalue weighted by molar-refractivity contribution is 7.15. The minimum absolute atomic E-state index is 0.344. The molecule has 0 amide bonds. The van der Waals surface area contributed by atoms with Crippen molar-refractivity contribution in [3.63, 3.8) is 0 Å². The molecule has 188 valence electrons. The molecule has 1 unspecified atom stereocenters. The lowest BCUT2D eigenvalue weighted by molar-refractivity contribution is 0.101. The van der Waals surface area contributed by atoms with Crippen LogP contribution in [-0.4, -0.2) is 55.9 Å². The zero-order valence-electron chi connectivity index (χ0n) is 20.5. The highest BCUT2D eigenvalue weighted by Crippen LogP contribution is 2.32. The fourth-order valence-corrected chi connectivity index (χ4v) is 5.53. The first kappa shape index (κ1) is 23.5. The molecule has 8 nitrogen and oxygen atoms in total. The average Bonchev–Trinajstić information content (AvgIpc) is 3.55. The van der Waals surface area contributed by atoms with Crippen LogP contribution in [0.2, 0.25) is 0 Å². The molecule has 0 spiro atoms. The molecule has 37 heavy (non-hydrogen) atoms. The third-order valence-corrected chi connectivity index (χ3v) is 7.93. The first-order valence-corrected chi connectivity index (χ1v) is 12.9. The van der Waals surface area contributed by atoms with Gasteiger partial charge in [0.2, 0.25) is 5.95 Å². The van der Waals surface area contributed by atoms with Crippen LogP contribution in [0.4, 0.5) is 16.2 Å². The number of rotatable bonds is 5. The summed E-state index contributed by atoms with van der Waals surface area (Å²) in [7, 11) is 0. The number of nitrogens with zero attached hydrogens (tertiary/aromatic N) is 7. The number of piperazine rings is 1. The summed E-state index contributed by atoms with van der Waals surface area (Å²) in [6.07, 6.45) is 6.94. The monoisotopic (exact) mass is 515 g/mol. The summed E-state index contributed by atoms with van der Waals surface area (Å²) < 4.78 is 15.2. The molecule has 10 heteroatoms. The number of aromatic nitrogens is 5. The maximum absolute atomic E-state index is 13.3. The minimum atomic E-state index is -1.32. The quantitative estimate of drug-likeness (QED) is 0.374. The van der Waals surface area contributed by atoms with Gasteiger partial charge in [0.15, 0.2) is 5.82 Å². The van der Waals surface area contributed by atoms with Crippen LogP contribution in [0.5, 0.6) is 0 Å². The van der Waals surface area contributed by atoms with Gasteiger partial charge in [-0.3, -0.25) is 0 Å². The van der Waals surface area contributed by atoms with E-state index < -0.39 is 5.60 Å². The van der Waals surface area contributed by atoms with Crippen LogP contribution in [0.1, 0.15) is 22.9 Å². The number of aryl methyl sites for hydroxylation is 1. The lowest BCUT2D eigenvalue weighted by Gasteiger charge is -2.35. The van der Waals surface area contributed by atoms with E-state index in [2.05, 4.69) is 61.2 Å². The maximum Gasteiger partial charge on any atom is 0.225 e.